The van der Waals surface area contributed by atoms with E-state index in [4.69, 9.17) is 11.6 Å². The number of aromatic nitrogens is 2. The van der Waals surface area contributed by atoms with Gasteiger partial charge >= 0.3 is 0 Å². The molecule has 1 aromatic rings. The van der Waals surface area contributed by atoms with Crippen molar-refractivity contribution in [3.05, 3.63) is 18.6 Å². The minimum absolute atomic E-state index is 0.175. The van der Waals surface area contributed by atoms with Crippen LogP contribution in [0.1, 0.15) is 12.8 Å². The molecule has 0 saturated heterocycles. The number of nitrogens with zero attached hydrogens (tertiary/aromatic N) is 2. The maximum absolute atomic E-state index is 6.19. The highest BCUT2D eigenvalue weighted by atomic mass is 79.9. The van der Waals surface area contributed by atoms with Gasteiger partial charge in [-0.15, -0.1) is 11.6 Å². The van der Waals surface area contributed by atoms with E-state index in [1.807, 2.05) is 6.07 Å². The molecule has 1 fully saturated rings. The molecule has 5 heteroatoms. The molecule has 76 valence electrons. The Morgan fingerprint density at radius 1 is 1.50 bits per heavy atom. The summed E-state index contributed by atoms with van der Waals surface area (Å²) >= 11 is 9.80. The van der Waals surface area contributed by atoms with Crippen molar-refractivity contribution < 1.29 is 0 Å². The van der Waals surface area contributed by atoms with Crippen LogP contribution in [0.25, 0.3) is 0 Å². The fourth-order valence-electron chi connectivity index (χ4n) is 1.63. The second-order valence-electron chi connectivity index (χ2n) is 3.37. The van der Waals surface area contributed by atoms with E-state index in [1.165, 1.54) is 6.33 Å². The minimum atomic E-state index is 0.175. The molecule has 3 nitrogen and oxygen atoms in total. The van der Waals surface area contributed by atoms with E-state index in [0.29, 0.717) is 4.83 Å². The topological polar surface area (TPSA) is 37.8 Å². The molecular weight excluding hydrogens is 265 g/mol. The molecule has 0 bridgehead atoms. The summed E-state index contributed by atoms with van der Waals surface area (Å²) < 4.78 is 0. The van der Waals surface area contributed by atoms with Gasteiger partial charge in [0.15, 0.2) is 0 Å². The SMILES string of the molecule is ClC1CCC(Br)C1Nc1ccncn1. The van der Waals surface area contributed by atoms with Crippen molar-refractivity contribution in [2.75, 3.05) is 5.32 Å². The number of nitrogens with one attached hydrogen (secondary N) is 1. The highest BCUT2D eigenvalue weighted by Crippen LogP contribution is 2.31. The quantitative estimate of drug-likeness (QED) is 0.843. The fraction of sp³-hybridized carbons (Fsp3) is 0.556. The molecule has 3 unspecified atom stereocenters. The van der Waals surface area contributed by atoms with E-state index in [9.17, 15) is 0 Å². The van der Waals surface area contributed by atoms with Crippen LogP contribution in [0.5, 0.6) is 0 Å². The summed E-state index contributed by atoms with van der Waals surface area (Å²) in [5.41, 5.74) is 0. The van der Waals surface area contributed by atoms with Crippen LogP contribution in [0.15, 0.2) is 18.6 Å². The van der Waals surface area contributed by atoms with Crippen LogP contribution in [0.3, 0.4) is 0 Å². The molecule has 14 heavy (non-hydrogen) atoms. The minimum Gasteiger partial charge on any atom is -0.365 e. The highest BCUT2D eigenvalue weighted by molar-refractivity contribution is 9.09. The molecular formula is C9H11BrClN3. The van der Waals surface area contributed by atoms with Crippen molar-refractivity contribution in [3.63, 3.8) is 0 Å². The van der Waals surface area contributed by atoms with Gasteiger partial charge in [-0.1, -0.05) is 15.9 Å². The van der Waals surface area contributed by atoms with Crippen LogP contribution < -0.4 is 5.32 Å². The number of anilines is 1. The highest BCUT2D eigenvalue weighted by Gasteiger charge is 2.33. The lowest BCUT2D eigenvalue weighted by Gasteiger charge is -2.19. The Bertz CT molecular complexity index is 285. The van der Waals surface area contributed by atoms with Gasteiger partial charge in [0.1, 0.15) is 12.1 Å². The number of halogens is 2. The Kier molecular flexibility index (Phi) is 3.23. The van der Waals surface area contributed by atoms with E-state index < -0.39 is 0 Å². The predicted molar refractivity (Wildman–Crippen MR) is 61.0 cm³/mol. The molecule has 1 aliphatic carbocycles. The van der Waals surface area contributed by atoms with Crippen LogP contribution in [0.2, 0.25) is 0 Å². The molecule has 1 N–H and O–H groups in total. The first-order chi connectivity index (χ1) is 6.77. The maximum Gasteiger partial charge on any atom is 0.129 e. The number of rotatable bonds is 2. The summed E-state index contributed by atoms with van der Waals surface area (Å²) in [6.45, 7) is 0. The summed E-state index contributed by atoms with van der Waals surface area (Å²) in [4.78, 5) is 8.40. The van der Waals surface area contributed by atoms with Gasteiger partial charge in [0.25, 0.3) is 0 Å². The summed E-state index contributed by atoms with van der Waals surface area (Å²) in [6, 6.07) is 2.10. The van der Waals surface area contributed by atoms with Crippen molar-refractivity contribution in [1.82, 2.24) is 9.97 Å². The van der Waals surface area contributed by atoms with Gasteiger partial charge in [-0.25, -0.2) is 9.97 Å². The Morgan fingerprint density at radius 2 is 2.36 bits per heavy atom. The Morgan fingerprint density at radius 3 is 2.93 bits per heavy atom. The average Bonchev–Trinajstić information content (AvgIpc) is 2.51. The number of alkyl halides is 2. The zero-order valence-electron chi connectivity index (χ0n) is 7.53. The first kappa shape index (κ1) is 10.2. The van der Waals surface area contributed by atoms with Crippen LogP contribution in [0, 0.1) is 0 Å². The predicted octanol–water partition coefficient (Wildman–Crippen LogP) is 2.42. The molecule has 1 heterocycles. The van der Waals surface area contributed by atoms with E-state index in [2.05, 4.69) is 31.2 Å². The largest absolute Gasteiger partial charge is 0.365 e. The third kappa shape index (κ3) is 2.17. The molecule has 0 spiro atoms. The maximum atomic E-state index is 6.19. The van der Waals surface area contributed by atoms with Crippen molar-refractivity contribution in [2.24, 2.45) is 0 Å². The fourth-order valence-corrected chi connectivity index (χ4v) is 2.94. The summed E-state index contributed by atoms with van der Waals surface area (Å²) in [5, 5.41) is 3.49. The summed E-state index contributed by atoms with van der Waals surface area (Å²) in [7, 11) is 0. The molecule has 2 rings (SSSR count). The van der Waals surface area contributed by atoms with Crippen LogP contribution in [0.4, 0.5) is 5.82 Å². The van der Waals surface area contributed by atoms with Crippen molar-refractivity contribution >= 4 is 33.3 Å². The van der Waals surface area contributed by atoms with Crippen molar-refractivity contribution in [1.29, 1.82) is 0 Å². The van der Waals surface area contributed by atoms with E-state index in [0.717, 1.165) is 18.7 Å². The lowest BCUT2D eigenvalue weighted by atomic mass is 10.2. The van der Waals surface area contributed by atoms with Gasteiger partial charge in [-0.3, -0.25) is 0 Å². The van der Waals surface area contributed by atoms with Gasteiger partial charge in [0, 0.05) is 11.0 Å². The third-order valence-corrected chi connectivity index (χ3v) is 3.91. The van der Waals surface area contributed by atoms with Crippen molar-refractivity contribution in [3.8, 4) is 0 Å². The van der Waals surface area contributed by atoms with Gasteiger partial charge in [0.2, 0.25) is 0 Å². The molecule has 1 aromatic heterocycles. The molecule has 1 saturated carbocycles. The average molecular weight is 277 g/mol. The van der Waals surface area contributed by atoms with Gasteiger partial charge in [0.05, 0.1) is 11.4 Å². The standard InChI is InChI=1S/C9H11BrClN3/c10-6-1-2-7(11)9(6)14-8-3-4-12-5-13-8/h3-7,9H,1-2H2,(H,12,13,14). The molecule has 0 radical (unpaired) electrons. The number of hydrogen-bond donors (Lipinski definition) is 1. The van der Waals surface area contributed by atoms with E-state index >= 15 is 0 Å². The Labute approximate surface area is 96.4 Å². The summed E-state index contributed by atoms with van der Waals surface area (Å²) in [5.74, 6) is 0.835. The molecule has 0 aliphatic heterocycles. The van der Waals surface area contributed by atoms with E-state index in [1.54, 1.807) is 6.20 Å². The second kappa shape index (κ2) is 4.45. The second-order valence-corrected chi connectivity index (χ2v) is 5.11. The Balaban J connectivity index is 2.04. The summed E-state index contributed by atoms with van der Waals surface area (Å²) in [6.07, 6.45) is 5.40. The van der Waals surface area contributed by atoms with Crippen LogP contribution in [-0.4, -0.2) is 26.2 Å². The monoisotopic (exact) mass is 275 g/mol. The Hall–Kier alpha value is -0.350. The smallest absolute Gasteiger partial charge is 0.129 e. The lowest BCUT2D eigenvalue weighted by molar-refractivity contribution is 0.775. The zero-order chi connectivity index (χ0) is 9.97. The van der Waals surface area contributed by atoms with E-state index in [-0.39, 0.29) is 11.4 Å². The third-order valence-electron chi connectivity index (χ3n) is 2.39. The molecule has 0 aromatic carbocycles. The van der Waals surface area contributed by atoms with Gasteiger partial charge in [-0.05, 0) is 18.9 Å². The van der Waals surface area contributed by atoms with Crippen molar-refractivity contribution in [2.45, 2.75) is 29.1 Å². The van der Waals surface area contributed by atoms with Crippen LogP contribution >= 0.6 is 27.5 Å². The zero-order valence-corrected chi connectivity index (χ0v) is 9.87. The first-order valence-electron chi connectivity index (χ1n) is 4.58. The van der Waals surface area contributed by atoms with Crippen LogP contribution in [-0.2, 0) is 0 Å². The molecule has 3 atom stereocenters. The van der Waals surface area contributed by atoms with Gasteiger partial charge in [-0.2, -0.15) is 0 Å². The number of hydrogen-bond acceptors (Lipinski definition) is 3. The van der Waals surface area contributed by atoms with Gasteiger partial charge < -0.3 is 5.32 Å². The normalized spacial score (nSPS) is 31.7. The lowest BCUT2D eigenvalue weighted by Crippen LogP contribution is -2.31. The molecule has 1 aliphatic rings. The first-order valence-corrected chi connectivity index (χ1v) is 5.93. The molecule has 0 amide bonds.